The lowest BCUT2D eigenvalue weighted by Gasteiger charge is -2.07. The second kappa shape index (κ2) is 12.7. The van der Waals surface area contributed by atoms with Crippen LogP contribution < -0.4 is 28.2 Å². The van der Waals surface area contributed by atoms with Crippen LogP contribution in [0.1, 0.15) is 12.5 Å². The SMILES string of the molecule is CCOC(=O)Nc1cc(Br)cnc1N.Cc1cnc2[nH]c(=O)n(C)c2c1.Nc1cc(Br)cnc1N. The van der Waals surface area contributed by atoms with Gasteiger partial charge in [0.1, 0.15) is 11.6 Å². The number of nitrogens with one attached hydrogen (secondary N) is 2. The molecule has 35 heavy (non-hydrogen) atoms. The molecule has 4 heterocycles. The van der Waals surface area contributed by atoms with Crippen molar-refractivity contribution in [2.24, 2.45) is 7.05 Å². The van der Waals surface area contributed by atoms with Crippen LogP contribution in [0, 0.1) is 6.92 Å². The minimum atomic E-state index is -0.542. The van der Waals surface area contributed by atoms with E-state index in [0.29, 0.717) is 29.4 Å². The number of nitrogen functional groups attached to an aromatic ring is 3. The van der Waals surface area contributed by atoms with Crippen molar-refractivity contribution in [2.75, 3.05) is 29.1 Å². The van der Waals surface area contributed by atoms with E-state index in [2.05, 4.69) is 57.1 Å². The molecule has 0 unspecified atom stereocenters. The Morgan fingerprint density at radius 2 is 1.69 bits per heavy atom. The van der Waals surface area contributed by atoms with Crippen molar-refractivity contribution in [3.05, 3.63) is 61.8 Å². The first-order chi connectivity index (χ1) is 16.5. The van der Waals surface area contributed by atoms with Gasteiger partial charge in [0.15, 0.2) is 5.65 Å². The molecule has 0 atom stereocenters. The molecule has 12 nitrogen and oxygen atoms in total. The Kier molecular flexibility index (Phi) is 10.0. The molecule has 0 aliphatic carbocycles. The average Bonchev–Trinajstić information content (AvgIpc) is 3.08. The summed E-state index contributed by atoms with van der Waals surface area (Å²) in [5.74, 6) is 0.624. The molecule has 0 bridgehead atoms. The lowest BCUT2D eigenvalue weighted by Crippen LogP contribution is -2.14. The van der Waals surface area contributed by atoms with Gasteiger partial charge in [-0.25, -0.2) is 24.5 Å². The summed E-state index contributed by atoms with van der Waals surface area (Å²) in [6, 6.07) is 5.29. The normalized spacial score (nSPS) is 9.97. The van der Waals surface area contributed by atoms with E-state index in [-0.39, 0.29) is 11.5 Å². The highest BCUT2D eigenvalue weighted by molar-refractivity contribution is 9.10. The number of anilines is 4. The molecule has 14 heteroatoms. The van der Waals surface area contributed by atoms with Gasteiger partial charge >= 0.3 is 11.8 Å². The number of hydrogen-bond donors (Lipinski definition) is 5. The Morgan fingerprint density at radius 1 is 1.06 bits per heavy atom. The molecule has 0 aliphatic heterocycles. The van der Waals surface area contributed by atoms with Gasteiger partial charge in [-0.15, -0.1) is 0 Å². The van der Waals surface area contributed by atoms with E-state index in [0.717, 1.165) is 20.0 Å². The Bertz CT molecular complexity index is 1370. The number of rotatable bonds is 2. The molecule has 186 valence electrons. The first-order valence-electron chi connectivity index (χ1n) is 10.0. The summed E-state index contributed by atoms with van der Waals surface area (Å²) < 4.78 is 7.82. The Morgan fingerprint density at radius 3 is 2.29 bits per heavy atom. The van der Waals surface area contributed by atoms with Crippen LogP contribution in [0.15, 0.2) is 50.5 Å². The van der Waals surface area contributed by atoms with Crippen molar-refractivity contribution in [3.8, 4) is 0 Å². The third-order valence-electron chi connectivity index (χ3n) is 4.21. The Hall–Kier alpha value is -3.65. The molecule has 4 aromatic rings. The van der Waals surface area contributed by atoms with E-state index in [9.17, 15) is 9.59 Å². The molecule has 4 rings (SSSR count). The molecule has 0 spiro atoms. The third kappa shape index (κ3) is 8.26. The summed E-state index contributed by atoms with van der Waals surface area (Å²) >= 11 is 6.41. The maximum absolute atomic E-state index is 11.1. The number of aromatic amines is 1. The third-order valence-corrected chi connectivity index (χ3v) is 5.08. The number of H-pyrrole nitrogens is 1. The standard InChI is InChI=1S/C8H10BrN3O2.C8H9N3O.C5H6BrN3/c1-2-14-8(13)12-6-3-5(9)4-11-7(6)10;1-5-3-6-7(9-4-5)10-8(12)11(6)2;6-3-1-4(7)5(8)9-2-3/h3-4H,2H2,1H3,(H2,10,11)(H,12,13);3-4H,1-2H3,(H,9,10,12);1-2H,7H2,(H2,8,9). The number of ether oxygens (including phenoxy) is 1. The number of nitrogens with zero attached hydrogens (tertiary/aromatic N) is 4. The van der Waals surface area contributed by atoms with Crippen molar-refractivity contribution in [1.82, 2.24) is 24.5 Å². The molecule has 8 N–H and O–H groups in total. The Labute approximate surface area is 217 Å². The summed E-state index contributed by atoms with van der Waals surface area (Å²) in [5.41, 5.74) is 19.6. The van der Waals surface area contributed by atoms with Crippen LogP contribution in [-0.4, -0.2) is 37.2 Å². The van der Waals surface area contributed by atoms with Crippen molar-refractivity contribution in [3.63, 3.8) is 0 Å². The molecule has 0 aliphatic rings. The lowest BCUT2D eigenvalue weighted by molar-refractivity contribution is 0.168. The quantitative estimate of drug-likeness (QED) is 0.225. The van der Waals surface area contributed by atoms with Crippen LogP contribution >= 0.6 is 31.9 Å². The van der Waals surface area contributed by atoms with Gasteiger partial charge in [-0.2, -0.15) is 0 Å². The van der Waals surface area contributed by atoms with E-state index in [1.165, 1.54) is 0 Å². The number of imidazole rings is 1. The summed E-state index contributed by atoms with van der Waals surface area (Å²) in [7, 11) is 1.72. The van der Waals surface area contributed by atoms with Crippen LogP contribution in [-0.2, 0) is 11.8 Å². The number of pyridine rings is 3. The fourth-order valence-electron chi connectivity index (χ4n) is 2.49. The minimum Gasteiger partial charge on any atom is -0.450 e. The molecular weight excluding hydrogens is 586 g/mol. The van der Waals surface area contributed by atoms with Gasteiger partial charge in [-0.1, -0.05) is 0 Å². The number of amides is 1. The van der Waals surface area contributed by atoms with Crippen molar-refractivity contribution < 1.29 is 9.53 Å². The number of carbonyl (C=O) groups excluding carboxylic acids is 1. The van der Waals surface area contributed by atoms with Gasteiger partial charge in [0.05, 0.1) is 23.5 Å². The number of aryl methyl sites for hydroxylation is 2. The van der Waals surface area contributed by atoms with E-state index < -0.39 is 6.09 Å². The summed E-state index contributed by atoms with van der Waals surface area (Å²) in [4.78, 5) is 36.5. The molecule has 0 aromatic carbocycles. The van der Waals surface area contributed by atoms with E-state index in [1.54, 1.807) is 49.3 Å². The van der Waals surface area contributed by atoms with Crippen molar-refractivity contribution in [1.29, 1.82) is 0 Å². The van der Waals surface area contributed by atoms with Gasteiger partial charge in [0, 0.05) is 34.6 Å². The molecule has 0 radical (unpaired) electrons. The molecular formula is C21H25Br2N9O3. The number of halogens is 2. The number of aromatic nitrogens is 5. The molecule has 0 saturated carbocycles. The second-order valence-electron chi connectivity index (χ2n) is 6.93. The van der Waals surface area contributed by atoms with Crippen LogP contribution in [0.4, 0.5) is 27.8 Å². The molecule has 0 fully saturated rings. The summed E-state index contributed by atoms with van der Waals surface area (Å²) in [6.07, 6.45) is 4.34. The first-order valence-corrected chi connectivity index (χ1v) is 11.6. The number of nitrogens with two attached hydrogens (primary N) is 3. The lowest BCUT2D eigenvalue weighted by atomic mass is 10.3. The highest BCUT2D eigenvalue weighted by atomic mass is 79.9. The maximum atomic E-state index is 11.1. The predicted molar refractivity (Wildman–Crippen MR) is 144 cm³/mol. The monoisotopic (exact) mass is 609 g/mol. The van der Waals surface area contributed by atoms with Crippen molar-refractivity contribution in [2.45, 2.75) is 13.8 Å². The average molecular weight is 611 g/mol. The zero-order chi connectivity index (χ0) is 26.1. The largest absolute Gasteiger partial charge is 0.450 e. The minimum absolute atomic E-state index is 0.122. The molecule has 1 amide bonds. The fourth-order valence-corrected chi connectivity index (χ4v) is 3.17. The first kappa shape index (κ1) is 27.6. The van der Waals surface area contributed by atoms with Crippen molar-refractivity contribution >= 4 is 72.1 Å². The topological polar surface area (TPSA) is 193 Å². The zero-order valence-corrected chi connectivity index (χ0v) is 22.3. The van der Waals surface area contributed by atoms with Crippen LogP contribution in [0.2, 0.25) is 0 Å². The fraction of sp³-hybridized carbons (Fsp3) is 0.190. The predicted octanol–water partition coefficient (Wildman–Crippen LogP) is 3.57. The van der Waals surface area contributed by atoms with Crippen LogP contribution in [0.3, 0.4) is 0 Å². The summed E-state index contributed by atoms with van der Waals surface area (Å²) in [6.45, 7) is 3.99. The number of hydrogen-bond acceptors (Lipinski definition) is 9. The van der Waals surface area contributed by atoms with E-state index in [1.807, 2.05) is 13.0 Å². The summed E-state index contributed by atoms with van der Waals surface area (Å²) in [5, 5.41) is 2.47. The molecule has 0 saturated heterocycles. The Balaban J connectivity index is 0.000000189. The van der Waals surface area contributed by atoms with Gasteiger partial charge in [0.2, 0.25) is 0 Å². The van der Waals surface area contributed by atoms with E-state index in [4.69, 9.17) is 21.9 Å². The maximum Gasteiger partial charge on any atom is 0.411 e. The highest BCUT2D eigenvalue weighted by Gasteiger charge is 2.06. The molecule has 4 aromatic heterocycles. The highest BCUT2D eigenvalue weighted by Crippen LogP contribution is 2.20. The van der Waals surface area contributed by atoms with Gasteiger partial charge < -0.3 is 21.9 Å². The van der Waals surface area contributed by atoms with Gasteiger partial charge in [-0.05, 0) is 69.5 Å². The van der Waals surface area contributed by atoms with E-state index >= 15 is 0 Å². The number of carbonyl (C=O) groups is 1. The van der Waals surface area contributed by atoms with Gasteiger partial charge in [0.25, 0.3) is 0 Å². The second-order valence-corrected chi connectivity index (χ2v) is 8.76. The smallest absolute Gasteiger partial charge is 0.411 e. The van der Waals surface area contributed by atoms with Crippen LogP contribution in [0.25, 0.3) is 11.2 Å². The zero-order valence-electron chi connectivity index (χ0n) is 19.2. The van der Waals surface area contributed by atoms with Gasteiger partial charge in [-0.3, -0.25) is 14.9 Å². The van der Waals surface area contributed by atoms with Crippen LogP contribution in [0.5, 0.6) is 0 Å². The number of fused-ring (bicyclic) bond motifs is 1.